The van der Waals surface area contributed by atoms with Crippen molar-refractivity contribution in [2.75, 3.05) is 44.8 Å². The lowest BCUT2D eigenvalue weighted by Gasteiger charge is -2.35. The Hall–Kier alpha value is -4.15. The van der Waals surface area contributed by atoms with Crippen LogP contribution in [0.5, 0.6) is 5.88 Å². The standard InChI is InChI=1S/C31H35FN6O3/c1-4-41-29-27-26(35-30(36-29)33-19-21-5-11-24(32)12-6-21)14-13-25(34-27)22-7-9-23(10-8-22)28(39)37-31(2,3)20-38-15-17-40-18-16-38/h5-14H,4,15-20H2,1-3H3,(H,37,39)(H,33,35,36). The molecule has 1 aliphatic heterocycles. The number of hydrogen-bond acceptors (Lipinski definition) is 8. The summed E-state index contributed by atoms with van der Waals surface area (Å²) in [5.41, 5.74) is 3.86. The highest BCUT2D eigenvalue weighted by molar-refractivity contribution is 5.95. The van der Waals surface area contributed by atoms with Crippen LogP contribution in [0.25, 0.3) is 22.3 Å². The molecule has 1 aliphatic rings. The van der Waals surface area contributed by atoms with Crippen LogP contribution >= 0.6 is 0 Å². The highest BCUT2D eigenvalue weighted by Crippen LogP contribution is 2.27. The number of halogens is 1. The van der Waals surface area contributed by atoms with Crippen molar-refractivity contribution in [3.05, 3.63) is 77.6 Å². The zero-order valence-electron chi connectivity index (χ0n) is 23.6. The number of aromatic nitrogens is 3. The average molecular weight is 559 g/mol. The van der Waals surface area contributed by atoms with Gasteiger partial charge in [0.05, 0.1) is 31.0 Å². The third kappa shape index (κ3) is 7.33. The number of anilines is 1. The van der Waals surface area contributed by atoms with Gasteiger partial charge in [0.15, 0.2) is 5.52 Å². The molecule has 3 heterocycles. The molecule has 41 heavy (non-hydrogen) atoms. The van der Waals surface area contributed by atoms with Gasteiger partial charge in [-0.3, -0.25) is 9.69 Å². The molecule has 10 heteroatoms. The van der Waals surface area contributed by atoms with Gasteiger partial charge in [-0.25, -0.2) is 14.4 Å². The summed E-state index contributed by atoms with van der Waals surface area (Å²) in [6.45, 7) is 10.8. The maximum absolute atomic E-state index is 13.2. The number of fused-ring (bicyclic) bond motifs is 1. The molecule has 214 valence electrons. The summed E-state index contributed by atoms with van der Waals surface area (Å²) in [7, 11) is 0. The molecule has 2 aromatic heterocycles. The van der Waals surface area contributed by atoms with Crippen LogP contribution in [-0.2, 0) is 11.3 Å². The number of benzene rings is 2. The van der Waals surface area contributed by atoms with Crippen molar-refractivity contribution in [2.24, 2.45) is 0 Å². The molecule has 0 atom stereocenters. The van der Waals surface area contributed by atoms with E-state index in [4.69, 9.17) is 14.5 Å². The molecule has 0 bridgehead atoms. The van der Waals surface area contributed by atoms with Crippen molar-refractivity contribution in [3.63, 3.8) is 0 Å². The third-order valence-corrected chi connectivity index (χ3v) is 6.77. The van der Waals surface area contributed by atoms with E-state index in [-0.39, 0.29) is 17.3 Å². The Bertz CT molecular complexity index is 1490. The second-order valence-corrected chi connectivity index (χ2v) is 10.6. The lowest BCUT2D eigenvalue weighted by atomic mass is 10.0. The van der Waals surface area contributed by atoms with Crippen molar-refractivity contribution < 1.29 is 18.7 Å². The summed E-state index contributed by atoms with van der Waals surface area (Å²) >= 11 is 0. The van der Waals surface area contributed by atoms with Crippen LogP contribution < -0.4 is 15.4 Å². The van der Waals surface area contributed by atoms with Gasteiger partial charge in [0.25, 0.3) is 5.91 Å². The van der Waals surface area contributed by atoms with Gasteiger partial charge >= 0.3 is 0 Å². The van der Waals surface area contributed by atoms with E-state index in [0.717, 1.165) is 44.0 Å². The molecule has 1 amide bonds. The first-order valence-electron chi connectivity index (χ1n) is 13.8. The summed E-state index contributed by atoms with van der Waals surface area (Å²) in [6, 6.07) is 17.4. The van der Waals surface area contributed by atoms with Gasteiger partial charge in [-0.05, 0) is 62.7 Å². The fraction of sp³-hybridized carbons (Fsp3) is 0.355. The molecule has 1 fully saturated rings. The summed E-state index contributed by atoms with van der Waals surface area (Å²) < 4.78 is 24.4. The molecule has 9 nitrogen and oxygen atoms in total. The van der Waals surface area contributed by atoms with Crippen LogP contribution in [0.3, 0.4) is 0 Å². The predicted molar refractivity (Wildman–Crippen MR) is 156 cm³/mol. The van der Waals surface area contributed by atoms with Crippen molar-refractivity contribution >= 4 is 22.9 Å². The minimum absolute atomic E-state index is 0.117. The fourth-order valence-corrected chi connectivity index (χ4v) is 4.78. The predicted octanol–water partition coefficient (Wildman–Crippen LogP) is 4.68. The van der Waals surface area contributed by atoms with E-state index in [9.17, 15) is 9.18 Å². The third-order valence-electron chi connectivity index (χ3n) is 6.77. The number of nitrogens with zero attached hydrogens (tertiary/aromatic N) is 4. The minimum Gasteiger partial charge on any atom is -0.476 e. The molecule has 0 unspecified atom stereocenters. The molecule has 2 N–H and O–H groups in total. The number of rotatable bonds is 10. The number of morpholine rings is 1. The van der Waals surface area contributed by atoms with Crippen molar-refractivity contribution in [3.8, 4) is 17.1 Å². The molecular formula is C31H35FN6O3. The van der Waals surface area contributed by atoms with Gasteiger partial charge in [0.2, 0.25) is 11.8 Å². The van der Waals surface area contributed by atoms with Crippen LogP contribution in [0, 0.1) is 5.82 Å². The van der Waals surface area contributed by atoms with E-state index in [0.29, 0.717) is 47.3 Å². The van der Waals surface area contributed by atoms with Gasteiger partial charge in [0, 0.05) is 42.8 Å². The maximum atomic E-state index is 13.2. The molecule has 0 aliphatic carbocycles. The SMILES string of the molecule is CCOc1nc(NCc2ccc(F)cc2)nc2ccc(-c3ccc(C(=O)NC(C)(C)CN4CCOCC4)cc3)nc12. The average Bonchev–Trinajstić information content (AvgIpc) is 2.97. The topological polar surface area (TPSA) is 102 Å². The van der Waals surface area contributed by atoms with Gasteiger partial charge < -0.3 is 20.1 Å². The van der Waals surface area contributed by atoms with E-state index >= 15 is 0 Å². The molecule has 4 aromatic rings. The molecule has 0 spiro atoms. The number of carbonyl (C=O) groups excluding carboxylic acids is 1. The van der Waals surface area contributed by atoms with Crippen molar-refractivity contribution in [1.82, 2.24) is 25.2 Å². The number of carbonyl (C=O) groups is 1. The summed E-state index contributed by atoms with van der Waals surface area (Å²) in [4.78, 5) is 29.2. The molecule has 5 rings (SSSR count). The van der Waals surface area contributed by atoms with Crippen LogP contribution in [-0.4, -0.2) is 70.8 Å². The molecule has 0 saturated carbocycles. The molecule has 2 aromatic carbocycles. The Morgan fingerprint density at radius 1 is 1.00 bits per heavy atom. The highest BCUT2D eigenvalue weighted by Gasteiger charge is 2.25. The van der Waals surface area contributed by atoms with E-state index in [1.165, 1.54) is 12.1 Å². The Morgan fingerprint density at radius 3 is 2.44 bits per heavy atom. The molecule has 0 radical (unpaired) electrons. The zero-order chi connectivity index (χ0) is 28.8. The Balaban J connectivity index is 1.30. The quantitative estimate of drug-likeness (QED) is 0.289. The second-order valence-electron chi connectivity index (χ2n) is 10.6. The molecule has 1 saturated heterocycles. The van der Waals surface area contributed by atoms with Crippen molar-refractivity contribution in [1.29, 1.82) is 0 Å². The molecular weight excluding hydrogens is 523 g/mol. The first-order valence-corrected chi connectivity index (χ1v) is 13.8. The van der Waals surface area contributed by atoms with E-state index < -0.39 is 0 Å². The van der Waals surface area contributed by atoms with E-state index in [1.54, 1.807) is 12.1 Å². The first-order chi connectivity index (χ1) is 19.8. The van der Waals surface area contributed by atoms with Crippen LogP contribution in [0.1, 0.15) is 36.7 Å². The second kappa shape index (κ2) is 12.6. The first kappa shape index (κ1) is 28.4. The fourth-order valence-electron chi connectivity index (χ4n) is 4.78. The Kier molecular flexibility index (Phi) is 8.70. The van der Waals surface area contributed by atoms with Crippen LogP contribution in [0.4, 0.5) is 10.3 Å². The number of hydrogen-bond donors (Lipinski definition) is 2. The minimum atomic E-state index is -0.380. The van der Waals surface area contributed by atoms with Crippen LogP contribution in [0.2, 0.25) is 0 Å². The summed E-state index contributed by atoms with van der Waals surface area (Å²) in [5, 5.41) is 6.34. The van der Waals surface area contributed by atoms with Crippen molar-refractivity contribution in [2.45, 2.75) is 32.9 Å². The highest BCUT2D eigenvalue weighted by atomic mass is 19.1. The lowest BCUT2D eigenvalue weighted by Crippen LogP contribution is -2.53. The van der Waals surface area contributed by atoms with Gasteiger partial charge in [-0.1, -0.05) is 24.3 Å². The van der Waals surface area contributed by atoms with E-state index in [2.05, 4.69) is 25.5 Å². The smallest absolute Gasteiger partial charge is 0.251 e. The van der Waals surface area contributed by atoms with E-state index in [1.807, 2.05) is 57.2 Å². The monoisotopic (exact) mass is 558 g/mol. The summed E-state index contributed by atoms with van der Waals surface area (Å²) in [6.07, 6.45) is 0. The summed E-state index contributed by atoms with van der Waals surface area (Å²) in [5.74, 6) is 0.373. The van der Waals surface area contributed by atoms with Gasteiger partial charge in [-0.15, -0.1) is 0 Å². The number of pyridine rings is 1. The number of nitrogens with one attached hydrogen (secondary N) is 2. The largest absolute Gasteiger partial charge is 0.476 e. The number of amides is 1. The van der Waals surface area contributed by atoms with Gasteiger partial charge in [0.1, 0.15) is 5.82 Å². The normalized spacial score (nSPS) is 14.1. The van der Waals surface area contributed by atoms with Crippen LogP contribution in [0.15, 0.2) is 60.7 Å². The maximum Gasteiger partial charge on any atom is 0.251 e. The zero-order valence-corrected chi connectivity index (χ0v) is 23.6. The lowest BCUT2D eigenvalue weighted by molar-refractivity contribution is 0.0269. The van der Waals surface area contributed by atoms with Gasteiger partial charge in [-0.2, -0.15) is 4.98 Å². The Morgan fingerprint density at radius 2 is 1.73 bits per heavy atom. The number of ether oxygens (including phenoxy) is 2. The Labute approximate surface area is 239 Å².